The molecule has 3 atom stereocenters. The largest absolute Gasteiger partial charge is 0.447 e. The quantitative estimate of drug-likeness (QED) is 0.663. The molecule has 1 saturated carbocycles. The molecule has 164 valence electrons. The van der Waals surface area contributed by atoms with Crippen LogP contribution in [-0.4, -0.2) is 43.6 Å². The number of rotatable bonds is 7. The van der Waals surface area contributed by atoms with Gasteiger partial charge in [-0.05, 0) is 70.6 Å². The molecule has 1 amide bonds. The van der Waals surface area contributed by atoms with Crippen LogP contribution in [0.5, 0.6) is 0 Å². The summed E-state index contributed by atoms with van der Waals surface area (Å²) in [6, 6.07) is -0.675. The number of carbonyl (C=O) groups is 1. The maximum Gasteiger partial charge on any atom is 0.410 e. The molecule has 28 heavy (non-hydrogen) atoms. The van der Waals surface area contributed by atoms with Gasteiger partial charge in [-0.15, -0.1) is 0 Å². The smallest absolute Gasteiger partial charge is 0.410 e. The van der Waals surface area contributed by atoms with Crippen molar-refractivity contribution in [2.45, 2.75) is 104 Å². The Morgan fingerprint density at radius 2 is 1.75 bits per heavy atom. The predicted octanol–water partition coefficient (Wildman–Crippen LogP) is 3.40. The first-order valence-electron chi connectivity index (χ1n) is 10.8. The second kappa shape index (κ2) is 9.76. The molecule has 0 radical (unpaired) electrons. The molecule has 0 spiro atoms. The predicted molar refractivity (Wildman–Crippen MR) is 111 cm³/mol. The number of nitrogens with one attached hydrogen (secondary N) is 1. The molecular weight excluding hydrogens is 378 g/mol. The van der Waals surface area contributed by atoms with Crippen molar-refractivity contribution in [3.8, 4) is 0 Å². The van der Waals surface area contributed by atoms with Crippen LogP contribution in [0.15, 0.2) is 0 Å². The lowest BCUT2D eigenvalue weighted by atomic mass is 9.75. The van der Waals surface area contributed by atoms with Crippen LogP contribution in [0.1, 0.15) is 79.6 Å². The first-order chi connectivity index (χ1) is 13.0. The lowest BCUT2D eigenvalue weighted by Crippen LogP contribution is -2.49. The van der Waals surface area contributed by atoms with Gasteiger partial charge >= 0.3 is 6.09 Å². The molecule has 2 aliphatic rings. The van der Waals surface area contributed by atoms with Crippen LogP contribution in [0.2, 0.25) is 0 Å². The Morgan fingerprint density at radius 3 is 2.25 bits per heavy atom. The highest BCUT2D eigenvalue weighted by molar-refractivity contribution is 7.87. The van der Waals surface area contributed by atoms with E-state index in [9.17, 15) is 13.2 Å². The third-order valence-electron chi connectivity index (χ3n) is 6.46. The number of nitrogens with zero attached hydrogens (tertiary/aromatic N) is 1. The molecule has 1 aliphatic carbocycles. The Kier molecular flexibility index (Phi) is 8.16. The minimum absolute atomic E-state index is 0.0906. The van der Waals surface area contributed by atoms with Gasteiger partial charge in [-0.25, -0.2) is 9.93 Å². The van der Waals surface area contributed by atoms with Crippen molar-refractivity contribution in [1.29, 1.82) is 0 Å². The van der Waals surface area contributed by atoms with Crippen LogP contribution in [-0.2, 0) is 14.9 Å². The van der Waals surface area contributed by atoms with Crippen molar-refractivity contribution in [1.82, 2.24) is 9.62 Å². The Bertz CT molecular complexity index is 615. The zero-order valence-electron chi connectivity index (χ0n) is 18.1. The summed E-state index contributed by atoms with van der Waals surface area (Å²) in [6.07, 6.45) is 6.70. The van der Waals surface area contributed by atoms with Crippen molar-refractivity contribution in [3.63, 3.8) is 0 Å². The third kappa shape index (κ3) is 6.59. The van der Waals surface area contributed by atoms with Gasteiger partial charge in [0, 0.05) is 12.1 Å². The van der Waals surface area contributed by atoms with Crippen molar-refractivity contribution in [2.24, 2.45) is 22.9 Å². The Balaban J connectivity index is 2.04. The van der Waals surface area contributed by atoms with Crippen molar-refractivity contribution >= 4 is 16.3 Å². The minimum atomic E-state index is -3.82. The summed E-state index contributed by atoms with van der Waals surface area (Å²) in [6.45, 7) is 10.2. The van der Waals surface area contributed by atoms with Crippen molar-refractivity contribution < 1.29 is 17.9 Å². The number of likely N-dealkylation sites (tertiary alicyclic amines) is 1. The molecule has 7 nitrogen and oxygen atoms in total. The summed E-state index contributed by atoms with van der Waals surface area (Å²) in [4.78, 5) is 14.4. The molecule has 3 N–H and O–H groups in total. The number of carbonyl (C=O) groups excluding carboxylic acids is 1. The molecule has 0 aromatic carbocycles. The van der Waals surface area contributed by atoms with Crippen LogP contribution in [0.3, 0.4) is 0 Å². The zero-order valence-corrected chi connectivity index (χ0v) is 18.9. The molecule has 0 aromatic heterocycles. The zero-order chi connectivity index (χ0) is 21.1. The van der Waals surface area contributed by atoms with Crippen LogP contribution in [0.4, 0.5) is 4.79 Å². The molecule has 2 rings (SSSR count). The van der Waals surface area contributed by atoms with E-state index in [2.05, 4.69) is 18.6 Å². The summed E-state index contributed by atoms with van der Waals surface area (Å²) < 4.78 is 31.2. The van der Waals surface area contributed by atoms with Crippen molar-refractivity contribution in [3.05, 3.63) is 0 Å². The first kappa shape index (κ1) is 23.4. The van der Waals surface area contributed by atoms with E-state index in [1.54, 1.807) is 4.90 Å². The number of hydrogen-bond donors (Lipinski definition) is 2. The fourth-order valence-corrected chi connectivity index (χ4v) is 5.64. The molecule has 1 heterocycles. The van der Waals surface area contributed by atoms with E-state index < -0.39 is 10.2 Å². The van der Waals surface area contributed by atoms with Gasteiger partial charge in [0.05, 0.1) is 12.1 Å². The summed E-state index contributed by atoms with van der Waals surface area (Å²) in [5.41, 5.74) is 0. The third-order valence-corrected chi connectivity index (χ3v) is 7.09. The van der Waals surface area contributed by atoms with Gasteiger partial charge in [-0.3, -0.25) is 0 Å². The maximum absolute atomic E-state index is 12.7. The summed E-state index contributed by atoms with van der Waals surface area (Å²) in [7, 11) is -3.82. The number of ether oxygens (including phenoxy) is 1. The Labute approximate surface area is 170 Å². The minimum Gasteiger partial charge on any atom is -0.447 e. The summed E-state index contributed by atoms with van der Waals surface area (Å²) in [5, 5.41) is 5.23. The molecule has 1 saturated heterocycles. The fourth-order valence-electron chi connectivity index (χ4n) is 4.96. The molecule has 2 fully saturated rings. The number of hydrogen-bond acceptors (Lipinski definition) is 4. The molecule has 0 aromatic rings. The summed E-state index contributed by atoms with van der Waals surface area (Å²) in [5.74, 6) is 2.20. The van der Waals surface area contributed by atoms with Crippen LogP contribution >= 0.6 is 0 Å². The highest BCUT2D eigenvalue weighted by Gasteiger charge is 2.44. The van der Waals surface area contributed by atoms with E-state index >= 15 is 0 Å². The average Bonchev–Trinajstić information content (AvgIpc) is 2.85. The Morgan fingerprint density at radius 1 is 1.14 bits per heavy atom. The van der Waals surface area contributed by atoms with E-state index in [4.69, 9.17) is 9.88 Å². The van der Waals surface area contributed by atoms with Crippen LogP contribution < -0.4 is 9.86 Å². The summed E-state index contributed by atoms with van der Waals surface area (Å²) >= 11 is 0. The Hall–Kier alpha value is -0.860. The standard InChI is InChI=1S/C20H39N3O4S/c1-13(2)17-9-6-16(7-10-17)8-11-19-18(22-28(21,25)26)12-15(5)23(19)20(24)27-14(3)4/h13-19,22H,6-12H2,1-5H3,(H2,21,25,26). The topological polar surface area (TPSA) is 102 Å². The van der Waals surface area contributed by atoms with Crippen LogP contribution in [0, 0.1) is 17.8 Å². The maximum atomic E-state index is 12.7. The lowest BCUT2D eigenvalue weighted by Gasteiger charge is -2.34. The molecular formula is C20H39N3O4S. The average molecular weight is 418 g/mol. The van der Waals surface area contributed by atoms with E-state index in [-0.39, 0.29) is 30.3 Å². The van der Waals surface area contributed by atoms with Crippen LogP contribution in [0.25, 0.3) is 0 Å². The highest BCUT2D eigenvalue weighted by Crippen LogP contribution is 2.37. The second-order valence-corrected chi connectivity index (χ2v) is 10.7. The normalized spacial score (nSPS) is 31.6. The monoisotopic (exact) mass is 417 g/mol. The number of nitrogens with two attached hydrogens (primary N) is 1. The van der Waals surface area contributed by atoms with E-state index in [0.717, 1.165) is 24.7 Å². The lowest BCUT2D eigenvalue weighted by molar-refractivity contribution is 0.0592. The van der Waals surface area contributed by atoms with Gasteiger partial charge in [0.1, 0.15) is 0 Å². The number of amides is 1. The molecule has 1 aliphatic heterocycles. The highest BCUT2D eigenvalue weighted by atomic mass is 32.2. The van der Waals surface area contributed by atoms with E-state index in [0.29, 0.717) is 12.3 Å². The van der Waals surface area contributed by atoms with Gasteiger partial charge in [0.2, 0.25) is 0 Å². The van der Waals surface area contributed by atoms with Gasteiger partial charge in [0.25, 0.3) is 10.2 Å². The van der Waals surface area contributed by atoms with Gasteiger partial charge in [-0.1, -0.05) is 26.7 Å². The SMILES string of the molecule is CC(C)OC(=O)N1C(C)CC(NS(N)(=O)=O)C1CCC1CCC(C(C)C)CC1. The molecule has 0 bridgehead atoms. The molecule has 3 unspecified atom stereocenters. The van der Waals surface area contributed by atoms with Gasteiger partial charge in [0.15, 0.2) is 0 Å². The first-order valence-corrected chi connectivity index (χ1v) is 12.3. The van der Waals surface area contributed by atoms with E-state index in [1.165, 1.54) is 25.7 Å². The van der Waals surface area contributed by atoms with Gasteiger partial charge < -0.3 is 9.64 Å². The van der Waals surface area contributed by atoms with E-state index in [1.807, 2.05) is 20.8 Å². The second-order valence-electron chi connectivity index (χ2n) is 9.36. The van der Waals surface area contributed by atoms with Crippen molar-refractivity contribution in [2.75, 3.05) is 0 Å². The van der Waals surface area contributed by atoms with Gasteiger partial charge in [-0.2, -0.15) is 13.1 Å². The molecule has 8 heteroatoms. The fraction of sp³-hybridized carbons (Fsp3) is 0.950.